The molecule has 0 N–H and O–H groups in total. The Balaban J connectivity index is 1.52. The SMILES string of the molecule is CCn1c(=O)oc2ccc(C(=O)N3CCN(c4ccccn4)CC3)cc21. The molecule has 26 heavy (non-hydrogen) atoms. The number of aromatic nitrogens is 2. The number of pyridine rings is 1. The Morgan fingerprint density at radius 3 is 2.65 bits per heavy atom. The Morgan fingerprint density at radius 1 is 1.15 bits per heavy atom. The van der Waals surface area contributed by atoms with Crippen LogP contribution in [0, 0.1) is 0 Å². The predicted molar refractivity (Wildman–Crippen MR) is 98.5 cm³/mol. The molecule has 0 radical (unpaired) electrons. The number of aryl methyl sites for hydroxylation is 1. The van der Waals surface area contributed by atoms with E-state index in [1.165, 1.54) is 4.57 Å². The molecule has 7 nitrogen and oxygen atoms in total. The Hall–Kier alpha value is -3.09. The molecule has 7 heteroatoms. The number of benzene rings is 1. The van der Waals surface area contributed by atoms with Crippen molar-refractivity contribution in [1.82, 2.24) is 14.5 Å². The summed E-state index contributed by atoms with van der Waals surface area (Å²) >= 11 is 0. The Labute approximate surface area is 150 Å². The number of piperazine rings is 1. The smallest absolute Gasteiger partial charge is 0.408 e. The van der Waals surface area contributed by atoms with E-state index in [-0.39, 0.29) is 5.91 Å². The quantitative estimate of drug-likeness (QED) is 0.721. The van der Waals surface area contributed by atoms with Crippen molar-refractivity contribution in [3.63, 3.8) is 0 Å². The van der Waals surface area contributed by atoms with E-state index in [4.69, 9.17) is 4.42 Å². The maximum absolute atomic E-state index is 12.9. The minimum absolute atomic E-state index is 0.0242. The number of nitrogens with zero attached hydrogens (tertiary/aromatic N) is 4. The molecule has 1 aliphatic heterocycles. The van der Waals surface area contributed by atoms with Crippen LogP contribution in [0.5, 0.6) is 0 Å². The third-order valence-electron chi connectivity index (χ3n) is 4.77. The average molecular weight is 352 g/mol. The van der Waals surface area contributed by atoms with E-state index in [1.54, 1.807) is 24.4 Å². The molecule has 0 saturated carbocycles. The van der Waals surface area contributed by atoms with E-state index in [9.17, 15) is 9.59 Å². The van der Waals surface area contributed by atoms with E-state index < -0.39 is 5.76 Å². The zero-order valence-corrected chi connectivity index (χ0v) is 14.6. The summed E-state index contributed by atoms with van der Waals surface area (Å²) in [6.45, 7) is 5.15. The van der Waals surface area contributed by atoms with Crippen molar-refractivity contribution in [3.05, 3.63) is 58.7 Å². The number of carbonyl (C=O) groups is 1. The number of hydrogen-bond acceptors (Lipinski definition) is 5. The van der Waals surface area contributed by atoms with Gasteiger partial charge in [-0.3, -0.25) is 9.36 Å². The van der Waals surface area contributed by atoms with Gasteiger partial charge in [0.25, 0.3) is 5.91 Å². The third-order valence-corrected chi connectivity index (χ3v) is 4.77. The maximum atomic E-state index is 12.9. The minimum atomic E-state index is -0.393. The van der Waals surface area contributed by atoms with Crippen LogP contribution in [0.4, 0.5) is 5.82 Å². The molecule has 3 aromatic rings. The lowest BCUT2D eigenvalue weighted by Crippen LogP contribution is -2.49. The van der Waals surface area contributed by atoms with Crippen molar-refractivity contribution in [2.24, 2.45) is 0 Å². The summed E-state index contributed by atoms with van der Waals surface area (Å²) in [5.74, 6) is 0.520. The fraction of sp³-hybridized carbons (Fsp3) is 0.316. The minimum Gasteiger partial charge on any atom is -0.408 e. The van der Waals surface area contributed by atoms with Gasteiger partial charge in [-0.15, -0.1) is 0 Å². The Bertz CT molecular complexity index is 985. The van der Waals surface area contributed by atoms with Crippen LogP contribution in [0.15, 0.2) is 51.8 Å². The lowest BCUT2D eigenvalue weighted by atomic mass is 10.1. The second-order valence-corrected chi connectivity index (χ2v) is 6.26. The van der Waals surface area contributed by atoms with Crippen molar-refractivity contribution in [3.8, 4) is 0 Å². The van der Waals surface area contributed by atoms with E-state index in [0.717, 1.165) is 18.9 Å². The molecule has 1 amide bonds. The van der Waals surface area contributed by atoms with Crippen molar-refractivity contribution in [2.45, 2.75) is 13.5 Å². The first kappa shape index (κ1) is 16.4. The van der Waals surface area contributed by atoms with Crippen LogP contribution < -0.4 is 10.7 Å². The van der Waals surface area contributed by atoms with Gasteiger partial charge in [-0.1, -0.05) is 6.07 Å². The first-order valence-corrected chi connectivity index (χ1v) is 8.76. The van der Waals surface area contributed by atoms with E-state index in [2.05, 4.69) is 9.88 Å². The van der Waals surface area contributed by atoms with Crippen molar-refractivity contribution >= 4 is 22.8 Å². The predicted octanol–water partition coefficient (Wildman–Crippen LogP) is 1.97. The van der Waals surface area contributed by atoms with Gasteiger partial charge in [0.15, 0.2) is 5.58 Å². The second-order valence-electron chi connectivity index (χ2n) is 6.26. The van der Waals surface area contributed by atoms with Crippen molar-refractivity contribution < 1.29 is 9.21 Å². The number of rotatable bonds is 3. The molecule has 1 aromatic carbocycles. The number of carbonyl (C=O) groups excluding carboxylic acids is 1. The van der Waals surface area contributed by atoms with Crippen LogP contribution >= 0.6 is 0 Å². The van der Waals surface area contributed by atoms with Gasteiger partial charge in [-0.2, -0.15) is 0 Å². The molecule has 134 valence electrons. The first-order valence-electron chi connectivity index (χ1n) is 8.76. The molecule has 4 rings (SSSR count). The highest BCUT2D eigenvalue weighted by Gasteiger charge is 2.23. The van der Waals surface area contributed by atoms with Gasteiger partial charge in [0.2, 0.25) is 0 Å². The Morgan fingerprint density at radius 2 is 1.96 bits per heavy atom. The van der Waals surface area contributed by atoms with Crippen LogP contribution in [0.1, 0.15) is 17.3 Å². The first-order chi connectivity index (χ1) is 12.7. The van der Waals surface area contributed by atoms with E-state index in [0.29, 0.717) is 36.3 Å². The van der Waals surface area contributed by atoms with Crippen molar-refractivity contribution in [1.29, 1.82) is 0 Å². The van der Waals surface area contributed by atoms with Gasteiger partial charge in [-0.05, 0) is 37.3 Å². The maximum Gasteiger partial charge on any atom is 0.419 e. The van der Waals surface area contributed by atoms with Crippen molar-refractivity contribution in [2.75, 3.05) is 31.1 Å². The van der Waals surface area contributed by atoms with Crippen LogP contribution in [0.2, 0.25) is 0 Å². The molecule has 1 saturated heterocycles. The summed E-state index contributed by atoms with van der Waals surface area (Å²) < 4.78 is 6.73. The molecule has 0 unspecified atom stereocenters. The second kappa shape index (κ2) is 6.67. The van der Waals surface area contributed by atoms with Crippen LogP contribution in [-0.4, -0.2) is 46.5 Å². The molecule has 0 aliphatic carbocycles. The van der Waals surface area contributed by atoms with Gasteiger partial charge in [-0.25, -0.2) is 9.78 Å². The molecule has 1 aliphatic rings. The average Bonchev–Trinajstić information content (AvgIpc) is 3.02. The zero-order chi connectivity index (χ0) is 18.1. The number of hydrogen-bond donors (Lipinski definition) is 0. The highest BCUT2D eigenvalue weighted by Crippen LogP contribution is 2.18. The van der Waals surface area contributed by atoms with Gasteiger partial charge in [0.1, 0.15) is 5.82 Å². The highest BCUT2D eigenvalue weighted by molar-refractivity contribution is 5.97. The largest absolute Gasteiger partial charge is 0.419 e. The molecule has 3 heterocycles. The molecular formula is C19H20N4O3. The highest BCUT2D eigenvalue weighted by atomic mass is 16.4. The third kappa shape index (κ3) is 2.85. The van der Waals surface area contributed by atoms with Gasteiger partial charge in [0, 0.05) is 44.5 Å². The van der Waals surface area contributed by atoms with Gasteiger partial charge < -0.3 is 14.2 Å². The fourth-order valence-electron chi connectivity index (χ4n) is 3.36. The summed E-state index contributed by atoms with van der Waals surface area (Å²) in [7, 11) is 0. The molecule has 2 aromatic heterocycles. The number of anilines is 1. The molecule has 0 spiro atoms. The van der Waals surface area contributed by atoms with E-state index in [1.807, 2.05) is 30.0 Å². The topological polar surface area (TPSA) is 71.6 Å². The molecule has 0 atom stereocenters. The summed E-state index contributed by atoms with van der Waals surface area (Å²) in [6, 6.07) is 11.0. The Kier molecular flexibility index (Phi) is 4.20. The van der Waals surface area contributed by atoms with Gasteiger partial charge in [0.05, 0.1) is 5.52 Å². The van der Waals surface area contributed by atoms with Crippen LogP contribution in [0.25, 0.3) is 11.1 Å². The fourth-order valence-corrected chi connectivity index (χ4v) is 3.36. The van der Waals surface area contributed by atoms with Crippen LogP contribution in [0.3, 0.4) is 0 Å². The van der Waals surface area contributed by atoms with Crippen LogP contribution in [-0.2, 0) is 6.54 Å². The molecule has 1 fully saturated rings. The zero-order valence-electron chi connectivity index (χ0n) is 14.6. The lowest BCUT2D eigenvalue weighted by molar-refractivity contribution is 0.0746. The van der Waals surface area contributed by atoms with Gasteiger partial charge >= 0.3 is 5.76 Å². The number of fused-ring (bicyclic) bond motifs is 1. The number of oxazole rings is 1. The summed E-state index contributed by atoms with van der Waals surface area (Å²) in [5, 5.41) is 0. The number of amides is 1. The standard InChI is InChI=1S/C19H20N4O3/c1-2-23-15-13-14(6-7-16(15)26-19(23)25)18(24)22-11-9-21(10-12-22)17-5-3-4-8-20-17/h3-8,13H,2,9-12H2,1H3. The molecular weight excluding hydrogens is 332 g/mol. The lowest BCUT2D eigenvalue weighted by Gasteiger charge is -2.35. The summed E-state index contributed by atoms with van der Waals surface area (Å²) in [4.78, 5) is 33.1. The normalized spacial score (nSPS) is 14.8. The van der Waals surface area contributed by atoms with E-state index >= 15 is 0 Å². The molecule has 0 bridgehead atoms. The summed E-state index contributed by atoms with van der Waals surface area (Å²) in [6.07, 6.45) is 1.78. The monoisotopic (exact) mass is 352 g/mol. The summed E-state index contributed by atoms with van der Waals surface area (Å²) in [5.41, 5.74) is 1.75.